The summed E-state index contributed by atoms with van der Waals surface area (Å²) in [6.45, 7) is 13.6. The molecule has 0 nitrogen and oxygen atoms in total. The standard InChI is InChI=1S/C28H34/c1-27(2,3)25-14-10-21(11-15-25)18-23-8-7-9-24(20-23)19-22-12-16-26(17-13-22)28(4,5)6/h7-17,20H,18-19H2,1-6H3. The topological polar surface area (TPSA) is 0 Å². The molecular weight excluding hydrogens is 336 g/mol. The van der Waals surface area contributed by atoms with E-state index in [0.29, 0.717) is 0 Å². The Balaban J connectivity index is 1.70. The van der Waals surface area contributed by atoms with Crippen molar-refractivity contribution in [3.8, 4) is 0 Å². The van der Waals surface area contributed by atoms with Crippen molar-refractivity contribution in [3.05, 3.63) is 106 Å². The lowest BCUT2D eigenvalue weighted by atomic mass is 9.86. The summed E-state index contributed by atoms with van der Waals surface area (Å²) in [5, 5.41) is 0. The maximum Gasteiger partial charge on any atom is -0.00257 e. The van der Waals surface area contributed by atoms with E-state index in [0.717, 1.165) is 12.8 Å². The van der Waals surface area contributed by atoms with Crippen LogP contribution in [0.15, 0.2) is 72.8 Å². The summed E-state index contributed by atoms with van der Waals surface area (Å²) in [4.78, 5) is 0. The highest BCUT2D eigenvalue weighted by Gasteiger charge is 2.14. The van der Waals surface area contributed by atoms with Crippen molar-refractivity contribution in [3.63, 3.8) is 0 Å². The number of rotatable bonds is 4. The van der Waals surface area contributed by atoms with Crippen molar-refractivity contribution in [2.45, 2.75) is 65.2 Å². The van der Waals surface area contributed by atoms with Gasteiger partial charge in [-0.2, -0.15) is 0 Å². The molecule has 0 fully saturated rings. The van der Waals surface area contributed by atoms with Gasteiger partial charge in [0.2, 0.25) is 0 Å². The molecule has 3 rings (SSSR count). The smallest absolute Gasteiger partial charge is 0.00257 e. The van der Waals surface area contributed by atoms with Crippen LogP contribution in [0.2, 0.25) is 0 Å². The molecule has 0 atom stereocenters. The Kier molecular flexibility index (Phi) is 5.79. The van der Waals surface area contributed by atoms with Gasteiger partial charge in [0, 0.05) is 0 Å². The van der Waals surface area contributed by atoms with E-state index in [2.05, 4.69) is 114 Å². The van der Waals surface area contributed by atoms with Crippen LogP contribution in [0.3, 0.4) is 0 Å². The van der Waals surface area contributed by atoms with E-state index < -0.39 is 0 Å². The van der Waals surface area contributed by atoms with E-state index in [9.17, 15) is 0 Å². The van der Waals surface area contributed by atoms with Crippen LogP contribution in [0.5, 0.6) is 0 Å². The fourth-order valence-corrected chi connectivity index (χ4v) is 3.57. The van der Waals surface area contributed by atoms with Crippen LogP contribution in [0, 0.1) is 0 Å². The second kappa shape index (κ2) is 7.95. The minimum atomic E-state index is 0.209. The zero-order valence-corrected chi connectivity index (χ0v) is 18.3. The van der Waals surface area contributed by atoms with Gasteiger partial charge in [-0.25, -0.2) is 0 Å². The lowest BCUT2D eigenvalue weighted by molar-refractivity contribution is 0.590. The fourth-order valence-electron chi connectivity index (χ4n) is 3.57. The van der Waals surface area contributed by atoms with E-state index in [4.69, 9.17) is 0 Å². The highest BCUT2D eigenvalue weighted by molar-refractivity contribution is 5.36. The third-order valence-electron chi connectivity index (χ3n) is 5.45. The van der Waals surface area contributed by atoms with Crippen LogP contribution in [0.1, 0.15) is 74.9 Å². The molecule has 146 valence electrons. The monoisotopic (exact) mass is 370 g/mol. The minimum Gasteiger partial charge on any atom is -0.0617 e. The first kappa shape index (κ1) is 20.4. The predicted molar refractivity (Wildman–Crippen MR) is 122 cm³/mol. The average Bonchev–Trinajstić information content (AvgIpc) is 2.61. The largest absolute Gasteiger partial charge is 0.0617 e. The van der Waals surface area contributed by atoms with Crippen LogP contribution in [-0.4, -0.2) is 0 Å². The normalized spacial score (nSPS) is 12.2. The molecule has 0 saturated heterocycles. The lowest BCUT2D eigenvalue weighted by Gasteiger charge is -2.19. The van der Waals surface area contributed by atoms with E-state index in [1.165, 1.54) is 33.4 Å². The summed E-state index contributed by atoms with van der Waals surface area (Å²) in [6.07, 6.45) is 1.97. The molecule has 28 heavy (non-hydrogen) atoms. The zero-order chi connectivity index (χ0) is 20.4. The SMILES string of the molecule is CC(C)(C)c1ccc(Cc2cccc(Cc3ccc(C(C)(C)C)cc3)c2)cc1. The maximum absolute atomic E-state index is 2.36. The molecule has 0 aliphatic carbocycles. The van der Waals surface area contributed by atoms with E-state index in [1.807, 2.05) is 0 Å². The summed E-state index contributed by atoms with van der Waals surface area (Å²) in [5.74, 6) is 0. The van der Waals surface area contributed by atoms with Gasteiger partial charge >= 0.3 is 0 Å². The lowest BCUT2D eigenvalue weighted by Crippen LogP contribution is -2.10. The Hall–Kier alpha value is -2.34. The van der Waals surface area contributed by atoms with Crippen molar-refractivity contribution in [1.82, 2.24) is 0 Å². The van der Waals surface area contributed by atoms with Gasteiger partial charge in [0.1, 0.15) is 0 Å². The number of hydrogen-bond donors (Lipinski definition) is 0. The first-order valence-corrected chi connectivity index (χ1v) is 10.4. The molecule has 0 radical (unpaired) electrons. The summed E-state index contributed by atoms with van der Waals surface area (Å²) >= 11 is 0. The maximum atomic E-state index is 2.36. The Bertz CT molecular complexity index is 823. The third-order valence-corrected chi connectivity index (χ3v) is 5.45. The van der Waals surface area contributed by atoms with Crippen LogP contribution in [0.4, 0.5) is 0 Å². The Labute approximate surface area is 171 Å². The van der Waals surface area contributed by atoms with Gasteiger partial charge in [0.25, 0.3) is 0 Å². The van der Waals surface area contributed by atoms with Crippen molar-refractivity contribution < 1.29 is 0 Å². The van der Waals surface area contributed by atoms with Gasteiger partial charge in [-0.1, -0.05) is 114 Å². The molecule has 3 aromatic carbocycles. The van der Waals surface area contributed by atoms with Crippen LogP contribution in [0.25, 0.3) is 0 Å². The van der Waals surface area contributed by atoms with Crippen molar-refractivity contribution in [2.75, 3.05) is 0 Å². The van der Waals surface area contributed by atoms with Crippen LogP contribution < -0.4 is 0 Å². The molecule has 0 amide bonds. The van der Waals surface area contributed by atoms with E-state index >= 15 is 0 Å². The molecule has 0 saturated carbocycles. The molecule has 0 aromatic heterocycles. The van der Waals surface area contributed by atoms with Gasteiger partial charge in [-0.3, -0.25) is 0 Å². The molecular formula is C28H34. The molecule has 0 aliphatic rings. The number of benzene rings is 3. The Morgan fingerprint density at radius 2 is 0.821 bits per heavy atom. The quantitative estimate of drug-likeness (QED) is 0.447. The summed E-state index contributed by atoms with van der Waals surface area (Å²) in [5.41, 5.74) is 8.72. The predicted octanol–water partition coefficient (Wildman–Crippen LogP) is 7.46. The average molecular weight is 371 g/mol. The molecule has 0 unspecified atom stereocenters. The molecule has 0 N–H and O–H groups in total. The van der Waals surface area contributed by atoms with Crippen LogP contribution in [-0.2, 0) is 23.7 Å². The molecule has 0 heteroatoms. The van der Waals surface area contributed by atoms with E-state index in [-0.39, 0.29) is 10.8 Å². The molecule has 0 aliphatic heterocycles. The zero-order valence-electron chi connectivity index (χ0n) is 18.3. The molecule has 0 heterocycles. The summed E-state index contributed by atoms with van der Waals surface area (Å²) < 4.78 is 0. The fraction of sp³-hybridized carbons (Fsp3) is 0.357. The third kappa shape index (κ3) is 5.35. The second-order valence-electron chi connectivity index (χ2n) is 10.1. The van der Waals surface area contributed by atoms with Gasteiger partial charge in [-0.05, 0) is 57.1 Å². The molecule has 3 aromatic rings. The van der Waals surface area contributed by atoms with Crippen molar-refractivity contribution >= 4 is 0 Å². The Morgan fingerprint density at radius 1 is 0.464 bits per heavy atom. The second-order valence-corrected chi connectivity index (χ2v) is 10.1. The van der Waals surface area contributed by atoms with Crippen LogP contribution >= 0.6 is 0 Å². The van der Waals surface area contributed by atoms with Crippen molar-refractivity contribution in [1.29, 1.82) is 0 Å². The van der Waals surface area contributed by atoms with Gasteiger partial charge in [-0.15, -0.1) is 0 Å². The number of hydrogen-bond acceptors (Lipinski definition) is 0. The highest BCUT2D eigenvalue weighted by Crippen LogP contribution is 2.24. The highest BCUT2D eigenvalue weighted by atomic mass is 14.2. The molecule has 0 bridgehead atoms. The van der Waals surface area contributed by atoms with Gasteiger partial charge in [0.15, 0.2) is 0 Å². The summed E-state index contributed by atoms with van der Waals surface area (Å²) in [6, 6.07) is 27.2. The van der Waals surface area contributed by atoms with E-state index in [1.54, 1.807) is 0 Å². The van der Waals surface area contributed by atoms with Gasteiger partial charge in [0.05, 0.1) is 0 Å². The first-order chi connectivity index (χ1) is 13.1. The van der Waals surface area contributed by atoms with Gasteiger partial charge < -0.3 is 0 Å². The van der Waals surface area contributed by atoms with Crippen molar-refractivity contribution in [2.24, 2.45) is 0 Å². The Morgan fingerprint density at radius 3 is 1.14 bits per heavy atom. The summed E-state index contributed by atoms with van der Waals surface area (Å²) in [7, 11) is 0. The molecule has 0 spiro atoms. The first-order valence-electron chi connectivity index (χ1n) is 10.4. The minimum absolute atomic E-state index is 0.209.